The van der Waals surface area contributed by atoms with Crippen LogP contribution in [0.25, 0.3) is 0 Å². The molecule has 0 aromatic heterocycles. The lowest BCUT2D eigenvalue weighted by molar-refractivity contribution is 0.147. The van der Waals surface area contributed by atoms with E-state index in [1.165, 1.54) is 17.5 Å². The third-order valence-electron chi connectivity index (χ3n) is 4.40. The Morgan fingerprint density at radius 1 is 1.10 bits per heavy atom. The minimum atomic E-state index is -0.624. The van der Waals surface area contributed by atoms with Crippen LogP contribution < -0.4 is 5.73 Å². The standard InChI is InChI=1S/C18H20ClNO/c19-17-7-2-1-6-15(17)16(11-20)18(21)14-9-8-12-4-3-5-13(12)10-14/h1-2,6-10,16,18,21H,3-5,11,20H2. The first-order valence-electron chi connectivity index (χ1n) is 7.45. The molecule has 2 unspecified atom stereocenters. The summed E-state index contributed by atoms with van der Waals surface area (Å²) in [5.74, 6) is -0.182. The average molecular weight is 302 g/mol. The third kappa shape index (κ3) is 2.84. The molecule has 2 atom stereocenters. The molecule has 1 aliphatic carbocycles. The highest BCUT2D eigenvalue weighted by atomic mass is 35.5. The Morgan fingerprint density at radius 2 is 1.86 bits per heavy atom. The summed E-state index contributed by atoms with van der Waals surface area (Å²) >= 11 is 6.26. The van der Waals surface area contributed by atoms with Gasteiger partial charge in [0.25, 0.3) is 0 Å². The third-order valence-corrected chi connectivity index (χ3v) is 4.75. The van der Waals surface area contributed by atoms with Gasteiger partial charge in [-0.1, -0.05) is 48.0 Å². The summed E-state index contributed by atoms with van der Waals surface area (Å²) in [6.45, 7) is 0.363. The van der Waals surface area contributed by atoms with Crippen molar-refractivity contribution in [1.82, 2.24) is 0 Å². The molecule has 0 amide bonds. The number of aryl methyl sites for hydroxylation is 2. The Bertz CT molecular complexity index is 641. The molecule has 0 heterocycles. The Labute approximate surface area is 130 Å². The van der Waals surface area contributed by atoms with Gasteiger partial charge in [-0.25, -0.2) is 0 Å². The number of halogens is 1. The van der Waals surface area contributed by atoms with Crippen LogP contribution in [0.5, 0.6) is 0 Å². The summed E-state index contributed by atoms with van der Waals surface area (Å²) in [4.78, 5) is 0. The molecule has 3 rings (SSSR count). The lowest BCUT2D eigenvalue weighted by Crippen LogP contribution is -2.20. The van der Waals surface area contributed by atoms with Crippen molar-refractivity contribution in [3.8, 4) is 0 Å². The second kappa shape index (κ2) is 6.18. The van der Waals surface area contributed by atoms with Crippen LogP contribution in [0.15, 0.2) is 42.5 Å². The fraction of sp³-hybridized carbons (Fsp3) is 0.333. The summed E-state index contributed by atoms with van der Waals surface area (Å²) in [6.07, 6.45) is 2.84. The van der Waals surface area contributed by atoms with E-state index < -0.39 is 6.10 Å². The Kier molecular flexibility index (Phi) is 4.29. The van der Waals surface area contributed by atoms with E-state index in [0.29, 0.717) is 11.6 Å². The first kappa shape index (κ1) is 14.6. The highest BCUT2D eigenvalue weighted by Gasteiger charge is 2.24. The van der Waals surface area contributed by atoms with Gasteiger partial charge >= 0.3 is 0 Å². The Morgan fingerprint density at radius 3 is 2.62 bits per heavy atom. The molecule has 3 heteroatoms. The Balaban J connectivity index is 1.92. The summed E-state index contributed by atoms with van der Waals surface area (Å²) in [5.41, 5.74) is 10.5. The van der Waals surface area contributed by atoms with Gasteiger partial charge < -0.3 is 10.8 Å². The van der Waals surface area contributed by atoms with Gasteiger partial charge in [0.05, 0.1) is 6.10 Å². The van der Waals surface area contributed by atoms with Crippen LogP contribution in [0.4, 0.5) is 0 Å². The minimum Gasteiger partial charge on any atom is -0.388 e. The van der Waals surface area contributed by atoms with E-state index in [0.717, 1.165) is 24.0 Å². The maximum atomic E-state index is 10.8. The molecular weight excluding hydrogens is 282 g/mol. The largest absolute Gasteiger partial charge is 0.388 e. The number of aliphatic hydroxyl groups excluding tert-OH is 1. The van der Waals surface area contributed by atoms with E-state index >= 15 is 0 Å². The highest BCUT2D eigenvalue weighted by molar-refractivity contribution is 6.31. The quantitative estimate of drug-likeness (QED) is 0.906. The van der Waals surface area contributed by atoms with E-state index in [9.17, 15) is 5.11 Å². The van der Waals surface area contributed by atoms with Gasteiger partial charge in [-0.3, -0.25) is 0 Å². The second-order valence-electron chi connectivity index (χ2n) is 5.69. The summed E-state index contributed by atoms with van der Waals surface area (Å²) in [6, 6.07) is 13.9. The zero-order valence-electron chi connectivity index (χ0n) is 11.9. The van der Waals surface area contributed by atoms with Gasteiger partial charge in [-0.15, -0.1) is 0 Å². The highest BCUT2D eigenvalue weighted by Crippen LogP contribution is 2.35. The lowest BCUT2D eigenvalue weighted by atomic mass is 9.88. The van der Waals surface area contributed by atoms with Crippen LogP contribution in [-0.2, 0) is 12.8 Å². The van der Waals surface area contributed by atoms with Gasteiger partial charge in [0.1, 0.15) is 0 Å². The zero-order valence-corrected chi connectivity index (χ0v) is 12.7. The summed E-state index contributed by atoms with van der Waals surface area (Å²) < 4.78 is 0. The van der Waals surface area contributed by atoms with Crippen molar-refractivity contribution in [3.05, 3.63) is 69.7 Å². The van der Waals surface area contributed by atoms with Gasteiger partial charge in [0.15, 0.2) is 0 Å². The predicted molar refractivity (Wildman–Crippen MR) is 86.7 cm³/mol. The van der Waals surface area contributed by atoms with Crippen molar-refractivity contribution < 1.29 is 5.11 Å². The topological polar surface area (TPSA) is 46.2 Å². The van der Waals surface area contributed by atoms with Crippen LogP contribution in [0.2, 0.25) is 5.02 Å². The van der Waals surface area contributed by atoms with Crippen molar-refractivity contribution in [2.75, 3.05) is 6.54 Å². The molecule has 0 radical (unpaired) electrons. The maximum absolute atomic E-state index is 10.8. The molecule has 0 spiro atoms. The number of rotatable bonds is 4. The van der Waals surface area contributed by atoms with E-state index in [-0.39, 0.29) is 5.92 Å². The number of hydrogen-bond donors (Lipinski definition) is 2. The number of hydrogen-bond acceptors (Lipinski definition) is 2. The van der Waals surface area contributed by atoms with E-state index in [1.807, 2.05) is 30.3 Å². The number of aliphatic hydroxyl groups is 1. The van der Waals surface area contributed by atoms with Crippen molar-refractivity contribution in [2.45, 2.75) is 31.3 Å². The molecular formula is C18H20ClNO. The van der Waals surface area contributed by atoms with E-state index in [2.05, 4.69) is 12.1 Å². The van der Waals surface area contributed by atoms with Crippen molar-refractivity contribution >= 4 is 11.6 Å². The minimum absolute atomic E-state index is 0.182. The van der Waals surface area contributed by atoms with Gasteiger partial charge in [-0.05, 0) is 47.6 Å². The van der Waals surface area contributed by atoms with Crippen LogP contribution >= 0.6 is 11.6 Å². The number of benzene rings is 2. The van der Waals surface area contributed by atoms with E-state index in [1.54, 1.807) is 0 Å². The van der Waals surface area contributed by atoms with Gasteiger partial charge in [0.2, 0.25) is 0 Å². The predicted octanol–water partition coefficient (Wildman–Crippen LogP) is 3.60. The second-order valence-corrected chi connectivity index (χ2v) is 6.10. The van der Waals surface area contributed by atoms with Crippen LogP contribution in [-0.4, -0.2) is 11.7 Å². The maximum Gasteiger partial charge on any atom is 0.0871 e. The molecule has 0 bridgehead atoms. The molecule has 3 N–H and O–H groups in total. The van der Waals surface area contributed by atoms with Gasteiger partial charge in [0, 0.05) is 17.5 Å². The normalized spacial score (nSPS) is 16.5. The molecule has 110 valence electrons. The van der Waals surface area contributed by atoms with Crippen molar-refractivity contribution in [3.63, 3.8) is 0 Å². The average Bonchev–Trinajstić information content (AvgIpc) is 2.97. The molecule has 2 aromatic carbocycles. The SMILES string of the molecule is NCC(c1ccccc1Cl)C(O)c1ccc2c(c1)CCC2. The Hall–Kier alpha value is -1.35. The number of nitrogens with two attached hydrogens (primary N) is 1. The van der Waals surface area contributed by atoms with E-state index in [4.69, 9.17) is 17.3 Å². The monoisotopic (exact) mass is 301 g/mol. The number of fused-ring (bicyclic) bond motifs is 1. The van der Waals surface area contributed by atoms with Crippen molar-refractivity contribution in [2.24, 2.45) is 5.73 Å². The zero-order chi connectivity index (χ0) is 14.8. The summed E-state index contributed by atoms with van der Waals surface area (Å²) in [7, 11) is 0. The van der Waals surface area contributed by atoms with Crippen LogP contribution in [0.1, 0.15) is 40.7 Å². The molecule has 2 nitrogen and oxygen atoms in total. The fourth-order valence-corrected chi connectivity index (χ4v) is 3.49. The molecule has 1 aliphatic rings. The van der Waals surface area contributed by atoms with Crippen molar-refractivity contribution in [1.29, 1.82) is 0 Å². The first-order valence-corrected chi connectivity index (χ1v) is 7.82. The molecule has 0 fully saturated rings. The molecule has 0 aliphatic heterocycles. The van der Waals surface area contributed by atoms with Gasteiger partial charge in [-0.2, -0.15) is 0 Å². The molecule has 0 saturated heterocycles. The first-order chi connectivity index (χ1) is 10.2. The molecule has 21 heavy (non-hydrogen) atoms. The fourth-order valence-electron chi connectivity index (χ4n) is 3.21. The van der Waals surface area contributed by atoms with Crippen LogP contribution in [0.3, 0.4) is 0 Å². The molecule has 0 saturated carbocycles. The lowest BCUT2D eigenvalue weighted by Gasteiger charge is -2.23. The van der Waals surface area contributed by atoms with Crippen LogP contribution in [0, 0.1) is 0 Å². The smallest absolute Gasteiger partial charge is 0.0871 e. The summed E-state index contributed by atoms with van der Waals surface area (Å²) in [5, 5.41) is 11.4. The molecule has 2 aromatic rings.